The van der Waals surface area contributed by atoms with Crippen molar-refractivity contribution >= 4 is 21.6 Å². The molecule has 0 radical (unpaired) electrons. The van der Waals surface area contributed by atoms with Crippen molar-refractivity contribution in [3.8, 4) is 0 Å². The molecule has 144 valence electrons. The van der Waals surface area contributed by atoms with Gasteiger partial charge in [-0.05, 0) is 68.7 Å². The number of piperidine rings is 1. The van der Waals surface area contributed by atoms with Gasteiger partial charge in [-0.15, -0.1) is 0 Å². The Morgan fingerprint density at radius 2 is 1.96 bits per heavy atom. The minimum atomic E-state index is -3.65. The molecule has 7 heteroatoms. The fourth-order valence-electron chi connectivity index (χ4n) is 3.32. The lowest BCUT2D eigenvalue weighted by Gasteiger charge is -2.32. The van der Waals surface area contributed by atoms with Gasteiger partial charge >= 0.3 is 0 Å². The molecule has 0 bridgehead atoms. The van der Waals surface area contributed by atoms with Gasteiger partial charge in [-0.2, -0.15) is 4.31 Å². The summed E-state index contributed by atoms with van der Waals surface area (Å²) >= 11 is 0. The van der Waals surface area contributed by atoms with Crippen molar-refractivity contribution in [3.63, 3.8) is 0 Å². The molecule has 0 aromatic heterocycles. The highest BCUT2D eigenvalue weighted by atomic mass is 32.2. The number of hydrogen-bond donors (Lipinski definition) is 1. The van der Waals surface area contributed by atoms with Gasteiger partial charge in [-0.1, -0.05) is 12.5 Å². The molecule has 0 saturated carbocycles. The Bertz CT molecular complexity index is 959. The van der Waals surface area contributed by atoms with E-state index in [9.17, 15) is 17.6 Å². The first-order valence-corrected chi connectivity index (χ1v) is 10.4. The average molecular weight is 390 g/mol. The number of sulfonamides is 1. The van der Waals surface area contributed by atoms with Crippen molar-refractivity contribution in [2.75, 3.05) is 11.9 Å². The Hall–Kier alpha value is -2.25. The van der Waals surface area contributed by atoms with E-state index in [0.717, 1.165) is 19.3 Å². The Kier molecular flexibility index (Phi) is 5.62. The normalized spacial score (nSPS) is 18.3. The van der Waals surface area contributed by atoms with E-state index in [4.69, 9.17) is 0 Å². The molecular formula is C20H23FN2O3S. The number of benzene rings is 2. The van der Waals surface area contributed by atoms with Gasteiger partial charge < -0.3 is 5.32 Å². The summed E-state index contributed by atoms with van der Waals surface area (Å²) in [6, 6.07) is 10.1. The van der Waals surface area contributed by atoms with E-state index in [2.05, 4.69) is 5.32 Å². The molecule has 1 atom stereocenters. The van der Waals surface area contributed by atoms with Crippen LogP contribution in [0.2, 0.25) is 0 Å². The lowest BCUT2D eigenvalue weighted by atomic mass is 10.1. The van der Waals surface area contributed by atoms with Gasteiger partial charge in [-0.25, -0.2) is 12.8 Å². The molecule has 0 aliphatic carbocycles. The Morgan fingerprint density at radius 3 is 2.67 bits per heavy atom. The molecule has 1 aliphatic rings. The van der Waals surface area contributed by atoms with Crippen LogP contribution in [-0.4, -0.2) is 31.2 Å². The molecule has 3 rings (SSSR count). The second-order valence-electron chi connectivity index (χ2n) is 6.90. The lowest BCUT2D eigenvalue weighted by Crippen LogP contribution is -2.41. The van der Waals surface area contributed by atoms with Gasteiger partial charge in [0.2, 0.25) is 10.0 Å². The standard InChI is InChI=1S/C20H23FN2O3S/c1-14-12-17(21)9-10-19(14)22-20(24)16-7-5-8-18(13-16)27(25,26)23-11-4-3-6-15(23)2/h5,7-10,12-13,15H,3-4,6,11H2,1-2H3,(H,22,24). The highest BCUT2D eigenvalue weighted by Crippen LogP contribution is 2.26. The third-order valence-electron chi connectivity index (χ3n) is 4.88. The summed E-state index contributed by atoms with van der Waals surface area (Å²) in [5.41, 5.74) is 1.32. The number of aryl methyl sites for hydroxylation is 1. The molecule has 1 fully saturated rings. The maximum Gasteiger partial charge on any atom is 0.255 e. The number of hydrogen-bond acceptors (Lipinski definition) is 3. The summed E-state index contributed by atoms with van der Waals surface area (Å²) in [7, 11) is -3.65. The molecule has 1 saturated heterocycles. The Labute approximate surface area is 159 Å². The molecule has 1 amide bonds. The first-order chi connectivity index (χ1) is 12.8. The summed E-state index contributed by atoms with van der Waals surface area (Å²) in [5.74, 6) is -0.817. The van der Waals surface area contributed by atoms with Crippen LogP contribution >= 0.6 is 0 Å². The summed E-state index contributed by atoms with van der Waals surface area (Å²) < 4.78 is 40.7. The maximum atomic E-state index is 13.2. The van der Waals surface area contributed by atoms with E-state index in [1.165, 1.54) is 34.6 Å². The van der Waals surface area contributed by atoms with E-state index < -0.39 is 15.9 Å². The van der Waals surface area contributed by atoms with E-state index in [-0.39, 0.29) is 22.3 Å². The zero-order valence-corrected chi connectivity index (χ0v) is 16.2. The van der Waals surface area contributed by atoms with Crippen LogP contribution in [0, 0.1) is 12.7 Å². The molecule has 1 unspecified atom stereocenters. The summed E-state index contributed by atoms with van der Waals surface area (Å²) in [6.45, 7) is 4.09. The third-order valence-corrected chi connectivity index (χ3v) is 6.89. The van der Waals surface area contributed by atoms with Crippen LogP contribution in [0.1, 0.15) is 42.1 Å². The molecular weight excluding hydrogens is 367 g/mol. The number of amides is 1. The fraction of sp³-hybridized carbons (Fsp3) is 0.350. The number of nitrogens with zero attached hydrogens (tertiary/aromatic N) is 1. The van der Waals surface area contributed by atoms with Crippen molar-refractivity contribution in [2.24, 2.45) is 0 Å². The van der Waals surface area contributed by atoms with Gasteiger partial charge in [0.15, 0.2) is 0 Å². The largest absolute Gasteiger partial charge is 0.322 e. The first-order valence-electron chi connectivity index (χ1n) is 8.98. The van der Waals surface area contributed by atoms with Crippen molar-refractivity contribution in [2.45, 2.75) is 44.0 Å². The average Bonchev–Trinajstić information content (AvgIpc) is 2.64. The molecule has 1 N–H and O–H groups in total. The van der Waals surface area contributed by atoms with Crippen LogP contribution in [0.3, 0.4) is 0 Å². The Morgan fingerprint density at radius 1 is 1.19 bits per heavy atom. The van der Waals surface area contributed by atoms with Gasteiger partial charge in [0.05, 0.1) is 4.90 Å². The highest BCUT2D eigenvalue weighted by Gasteiger charge is 2.31. The topological polar surface area (TPSA) is 66.5 Å². The smallest absolute Gasteiger partial charge is 0.255 e. The van der Waals surface area contributed by atoms with Gasteiger partial charge in [0, 0.05) is 23.8 Å². The van der Waals surface area contributed by atoms with Crippen LogP contribution in [-0.2, 0) is 10.0 Å². The van der Waals surface area contributed by atoms with E-state index in [1.54, 1.807) is 19.1 Å². The van der Waals surface area contributed by atoms with Crippen LogP contribution in [0.15, 0.2) is 47.4 Å². The molecule has 27 heavy (non-hydrogen) atoms. The van der Waals surface area contributed by atoms with Crippen molar-refractivity contribution in [1.82, 2.24) is 4.31 Å². The van der Waals surface area contributed by atoms with Gasteiger partial charge in [-0.3, -0.25) is 4.79 Å². The van der Waals surface area contributed by atoms with Crippen molar-refractivity contribution in [3.05, 3.63) is 59.4 Å². The zero-order valence-electron chi connectivity index (χ0n) is 15.4. The zero-order chi connectivity index (χ0) is 19.6. The van der Waals surface area contributed by atoms with E-state index in [1.807, 2.05) is 6.92 Å². The first kappa shape index (κ1) is 19.5. The number of anilines is 1. The summed E-state index contributed by atoms with van der Waals surface area (Å²) in [4.78, 5) is 12.7. The molecule has 1 aliphatic heterocycles. The summed E-state index contributed by atoms with van der Waals surface area (Å²) in [6.07, 6.45) is 2.70. The highest BCUT2D eigenvalue weighted by molar-refractivity contribution is 7.89. The minimum absolute atomic E-state index is 0.0527. The predicted molar refractivity (Wildman–Crippen MR) is 103 cm³/mol. The molecule has 0 spiro atoms. The van der Waals surface area contributed by atoms with Gasteiger partial charge in [0.25, 0.3) is 5.91 Å². The van der Waals surface area contributed by atoms with Gasteiger partial charge in [0.1, 0.15) is 5.82 Å². The Balaban J connectivity index is 1.85. The molecule has 1 heterocycles. The number of carbonyl (C=O) groups is 1. The lowest BCUT2D eigenvalue weighted by molar-refractivity contribution is 0.102. The molecule has 2 aromatic carbocycles. The number of carbonyl (C=O) groups excluding carboxylic acids is 1. The maximum absolute atomic E-state index is 13.2. The SMILES string of the molecule is Cc1cc(F)ccc1NC(=O)c1cccc(S(=O)(=O)N2CCCCC2C)c1. The fourth-order valence-corrected chi connectivity index (χ4v) is 5.07. The van der Waals surface area contributed by atoms with E-state index >= 15 is 0 Å². The second kappa shape index (κ2) is 7.78. The quantitative estimate of drug-likeness (QED) is 0.860. The summed E-state index contributed by atoms with van der Waals surface area (Å²) in [5, 5.41) is 2.71. The van der Waals surface area contributed by atoms with Crippen molar-refractivity contribution < 1.29 is 17.6 Å². The third kappa shape index (κ3) is 4.20. The number of halogens is 1. The number of rotatable bonds is 4. The monoisotopic (exact) mass is 390 g/mol. The number of nitrogens with one attached hydrogen (secondary N) is 1. The minimum Gasteiger partial charge on any atom is -0.322 e. The molecule has 5 nitrogen and oxygen atoms in total. The van der Waals surface area contributed by atoms with Crippen LogP contribution < -0.4 is 5.32 Å². The van der Waals surface area contributed by atoms with Crippen LogP contribution in [0.4, 0.5) is 10.1 Å². The van der Waals surface area contributed by atoms with Crippen LogP contribution in [0.5, 0.6) is 0 Å². The second-order valence-corrected chi connectivity index (χ2v) is 8.79. The molecule has 2 aromatic rings. The van der Waals surface area contributed by atoms with E-state index in [0.29, 0.717) is 17.8 Å². The van der Waals surface area contributed by atoms with Crippen molar-refractivity contribution in [1.29, 1.82) is 0 Å². The van der Waals surface area contributed by atoms with Crippen LogP contribution in [0.25, 0.3) is 0 Å². The predicted octanol–water partition coefficient (Wildman–Crippen LogP) is 3.95.